The topological polar surface area (TPSA) is 78.5 Å². The molecule has 0 spiro atoms. The SMILES string of the molecule is COCCCN1C(=O)C(C)(C)c2ccc(COC3CNCCC3c3ccc(OCCCOCc4ccccc4OC)cc3)cc21. The van der Waals surface area contributed by atoms with Crippen LogP contribution in [0.5, 0.6) is 11.5 Å². The molecular formula is C37H48N2O6. The number of benzene rings is 3. The molecule has 5 rings (SSSR count). The molecule has 0 aliphatic carbocycles. The number of para-hydroxylation sites is 1. The smallest absolute Gasteiger partial charge is 0.237 e. The van der Waals surface area contributed by atoms with Gasteiger partial charge in [-0.05, 0) is 74.2 Å². The maximum atomic E-state index is 13.2. The van der Waals surface area contributed by atoms with Crippen LogP contribution < -0.4 is 19.7 Å². The van der Waals surface area contributed by atoms with Crippen molar-refractivity contribution in [2.24, 2.45) is 0 Å². The first kappa shape index (κ1) is 32.9. The van der Waals surface area contributed by atoms with Crippen molar-refractivity contribution in [2.45, 2.75) is 63.8 Å². The highest BCUT2D eigenvalue weighted by atomic mass is 16.5. The number of carbonyl (C=O) groups excluding carboxylic acids is 1. The summed E-state index contributed by atoms with van der Waals surface area (Å²) in [5.74, 6) is 2.15. The molecule has 1 saturated heterocycles. The van der Waals surface area contributed by atoms with Crippen LogP contribution >= 0.6 is 0 Å². The van der Waals surface area contributed by atoms with Crippen molar-refractivity contribution in [3.63, 3.8) is 0 Å². The van der Waals surface area contributed by atoms with Gasteiger partial charge in [-0.25, -0.2) is 0 Å². The Morgan fingerprint density at radius 2 is 1.76 bits per heavy atom. The number of nitrogens with one attached hydrogen (secondary N) is 1. The second kappa shape index (κ2) is 15.7. The van der Waals surface area contributed by atoms with E-state index in [1.165, 1.54) is 5.56 Å². The largest absolute Gasteiger partial charge is 0.496 e. The number of carbonyl (C=O) groups is 1. The predicted molar refractivity (Wildman–Crippen MR) is 176 cm³/mol. The molecule has 0 bridgehead atoms. The van der Waals surface area contributed by atoms with Gasteiger partial charge in [0.25, 0.3) is 0 Å². The first-order valence-electron chi connectivity index (χ1n) is 16.1. The molecule has 8 heteroatoms. The van der Waals surface area contributed by atoms with Gasteiger partial charge in [-0.3, -0.25) is 4.79 Å². The lowest BCUT2D eigenvalue weighted by Crippen LogP contribution is -2.40. The Hall–Kier alpha value is -3.43. The molecular weight excluding hydrogens is 568 g/mol. The molecule has 0 radical (unpaired) electrons. The molecule has 3 aromatic rings. The number of hydrogen-bond donors (Lipinski definition) is 1. The van der Waals surface area contributed by atoms with E-state index in [0.717, 1.165) is 66.2 Å². The highest BCUT2D eigenvalue weighted by Crippen LogP contribution is 2.42. The Bertz CT molecular complexity index is 1390. The number of ether oxygens (including phenoxy) is 5. The summed E-state index contributed by atoms with van der Waals surface area (Å²) >= 11 is 0. The maximum Gasteiger partial charge on any atom is 0.237 e. The lowest BCUT2D eigenvalue weighted by molar-refractivity contribution is -0.122. The van der Waals surface area contributed by atoms with E-state index in [0.29, 0.717) is 45.5 Å². The van der Waals surface area contributed by atoms with Crippen molar-refractivity contribution < 1.29 is 28.5 Å². The number of fused-ring (bicyclic) bond motifs is 1. The van der Waals surface area contributed by atoms with E-state index >= 15 is 0 Å². The van der Waals surface area contributed by atoms with Gasteiger partial charge in [0.1, 0.15) is 11.5 Å². The standard InChI is InChI=1S/C37H48N2O6/c1-37(2)32-16-11-27(23-33(32)39(36(37)40)19-7-20-41-3)25-45-35-24-38-18-17-31(35)28-12-14-30(15-13-28)44-22-8-21-43-26-29-9-5-6-10-34(29)42-4/h5-6,9-16,23,31,35,38H,7-8,17-22,24-26H2,1-4H3. The van der Waals surface area contributed by atoms with Crippen LogP contribution in [-0.4, -0.2) is 65.7 Å². The van der Waals surface area contributed by atoms with Gasteiger partial charge in [0.2, 0.25) is 5.91 Å². The van der Waals surface area contributed by atoms with Gasteiger partial charge >= 0.3 is 0 Å². The van der Waals surface area contributed by atoms with Crippen molar-refractivity contribution in [1.29, 1.82) is 0 Å². The van der Waals surface area contributed by atoms with Gasteiger partial charge < -0.3 is 33.9 Å². The molecule has 2 heterocycles. The fraction of sp³-hybridized carbons (Fsp3) is 0.486. The van der Waals surface area contributed by atoms with Gasteiger partial charge in [0.05, 0.1) is 45.1 Å². The molecule has 0 aromatic heterocycles. The molecule has 1 amide bonds. The van der Waals surface area contributed by atoms with Crippen LogP contribution in [0.1, 0.15) is 61.3 Å². The van der Waals surface area contributed by atoms with Crippen molar-refractivity contribution in [3.8, 4) is 11.5 Å². The van der Waals surface area contributed by atoms with Crippen molar-refractivity contribution in [2.75, 3.05) is 58.6 Å². The summed E-state index contributed by atoms with van der Waals surface area (Å²) in [6, 6.07) is 22.7. The second-order valence-electron chi connectivity index (χ2n) is 12.4. The first-order valence-corrected chi connectivity index (χ1v) is 16.1. The zero-order valence-electron chi connectivity index (χ0n) is 27.2. The molecule has 242 valence electrons. The summed E-state index contributed by atoms with van der Waals surface area (Å²) in [5, 5.41) is 3.50. The van der Waals surface area contributed by atoms with E-state index in [1.54, 1.807) is 14.2 Å². The van der Waals surface area contributed by atoms with Crippen LogP contribution in [0, 0.1) is 0 Å². The maximum absolute atomic E-state index is 13.2. The van der Waals surface area contributed by atoms with E-state index in [2.05, 4.69) is 47.8 Å². The van der Waals surface area contributed by atoms with Crippen molar-refractivity contribution >= 4 is 11.6 Å². The van der Waals surface area contributed by atoms with Gasteiger partial charge in [0.15, 0.2) is 0 Å². The molecule has 2 atom stereocenters. The summed E-state index contributed by atoms with van der Waals surface area (Å²) in [6.07, 6.45) is 2.67. The summed E-state index contributed by atoms with van der Waals surface area (Å²) in [5.41, 5.74) is 4.94. The highest BCUT2D eigenvalue weighted by molar-refractivity contribution is 6.07. The van der Waals surface area contributed by atoms with E-state index in [4.69, 9.17) is 23.7 Å². The molecule has 1 fully saturated rings. The summed E-state index contributed by atoms with van der Waals surface area (Å²) < 4.78 is 29.0. The minimum Gasteiger partial charge on any atom is -0.496 e. The number of nitrogens with zero attached hydrogens (tertiary/aromatic N) is 1. The number of piperidine rings is 1. The number of methoxy groups -OCH3 is 2. The van der Waals surface area contributed by atoms with Gasteiger partial charge in [-0.1, -0.05) is 42.5 Å². The van der Waals surface area contributed by atoms with Gasteiger partial charge in [0, 0.05) is 50.4 Å². The van der Waals surface area contributed by atoms with E-state index < -0.39 is 5.41 Å². The van der Waals surface area contributed by atoms with Crippen LogP contribution in [0.15, 0.2) is 66.7 Å². The monoisotopic (exact) mass is 616 g/mol. The van der Waals surface area contributed by atoms with Crippen molar-refractivity contribution in [3.05, 3.63) is 89.0 Å². The second-order valence-corrected chi connectivity index (χ2v) is 12.4. The van der Waals surface area contributed by atoms with Crippen molar-refractivity contribution in [1.82, 2.24) is 5.32 Å². The molecule has 0 saturated carbocycles. The normalized spacial score (nSPS) is 19.0. The molecule has 45 heavy (non-hydrogen) atoms. The first-order chi connectivity index (χ1) is 21.9. The molecule has 1 N–H and O–H groups in total. The molecule has 8 nitrogen and oxygen atoms in total. The van der Waals surface area contributed by atoms with Crippen LogP contribution in [0.4, 0.5) is 5.69 Å². The lowest BCUT2D eigenvalue weighted by atomic mass is 9.86. The molecule has 3 aromatic carbocycles. The van der Waals surface area contributed by atoms with Crippen LogP contribution in [0.25, 0.3) is 0 Å². The zero-order chi connectivity index (χ0) is 31.6. The minimum atomic E-state index is -0.527. The third-order valence-electron chi connectivity index (χ3n) is 8.89. The van der Waals surface area contributed by atoms with E-state index in [1.807, 2.05) is 43.0 Å². The Labute approximate surface area is 268 Å². The third-order valence-corrected chi connectivity index (χ3v) is 8.89. The number of anilines is 1. The zero-order valence-corrected chi connectivity index (χ0v) is 27.2. The third kappa shape index (κ3) is 8.05. The Morgan fingerprint density at radius 3 is 2.56 bits per heavy atom. The van der Waals surface area contributed by atoms with Crippen LogP contribution in [0.2, 0.25) is 0 Å². The van der Waals surface area contributed by atoms with Gasteiger partial charge in [-0.2, -0.15) is 0 Å². The van der Waals surface area contributed by atoms with E-state index in [9.17, 15) is 4.79 Å². The molecule has 2 unspecified atom stereocenters. The predicted octanol–water partition coefficient (Wildman–Crippen LogP) is 6.00. The summed E-state index contributed by atoms with van der Waals surface area (Å²) in [7, 11) is 3.37. The fourth-order valence-electron chi connectivity index (χ4n) is 6.33. The number of hydrogen-bond acceptors (Lipinski definition) is 7. The number of amides is 1. The lowest BCUT2D eigenvalue weighted by Gasteiger charge is -2.32. The average Bonchev–Trinajstić information content (AvgIpc) is 3.26. The Balaban J connectivity index is 1.12. The summed E-state index contributed by atoms with van der Waals surface area (Å²) in [6.45, 7) is 9.30. The van der Waals surface area contributed by atoms with Gasteiger partial charge in [-0.15, -0.1) is 0 Å². The Morgan fingerprint density at radius 1 is 0.933 bits per heavy atom. The highest BCUT2D eigenvalue weighted by Gasteiger charge is 2.43. The van der Waals surface area contributed by atoms with E-state index in [-0.39, 0.29) is 12.0 Å². The molecule has 2 aliphatic rings. The van der Waals surface area contributed by atoms with Crippen LogP contribution in [-0.2, 0) is 37.6 Å². The Kier molecular flexibility index (Phi) is 11.5. The number of rotatable bonds is 16. The summed E-state index contributed by atoms with van der Waals surface area (Å²) in [4.78, 5) is 15.1. The quantitative estimate of drug-likeness (QED) is 0.198. The van der Waals surface area contributed by atoms with Crippen LogP contribution in [0.3, 0.4) is 0 Å². The molecule has 2 aliphatic heterocycles. The minimum absolute atomic E-state index is 0.0510. The fourth-order valence-corrected chi connectivity index (χ4v) is 6.33. The average molecular weight is 617 g/mol.